The van der Waals surface area contributed by atoms with Gasteiger partial charge < -0.3 is 9.63 Å². The van der Waals surface area contributed by atoms with Crippen LogP contribution in [0.3, 0.4) is 0 Å². The Labute approximate surface area is 108 Å². The number of hydrogen-bond donors (Lipinski definition) is 1. The summed E-state index contributed by atoms with van der Waals surface area (Å²) in [6.07, 6.45) is 1.71. The molecule has 19 heavy (non-hydrogen) atoms. The Morgan fingerprint density at radius 3 is 2.95 bits per heavy atom. The van der Waals surface area contributed by atoms with Gasteiger partial charge in [0.15, 0.2) is 0 Å². The van der Waals surface area contributed by atoms with Crippen LogP contribution < -0.4 is 0 Å². The van der Waals surface area contributed by atoms with E-state index in [1.165, 1.54) is 0 Å². The highest BCUT2D eigenvalue weighted by atomic mass is 16.5. The van der Waals surface area contributed by atoms with Crippen LogP contribution >= 0.6 is 0 Å². The molecule has 2 heterocycles. The lowest BCUT2D eigenvalue weighted by atomic mass is 10.0. The van der Waals surface area contributed by atoms with Gasteiger partial charge >= 0.3 is 5.97 Å². The number of fused-ring (bicyclic) bond motifs is 1. The first-order valence-electron chi connectivity index (χ1n) is 5.71. The summed E-state index contributed by atoms with van der Waals surface area (Å²) in [5, 5.41) is 14.0. The van der Waals surface area contributed by atoms with E-state index < -0.39 is 5.97 Å². The van der Waals surface area contributed by atoms with Crippen LogP contribution in [0.2, 0.25) is 0 Å². The average Bonchev–Trinajstić information content (AvgIpc) is 2.80. The van der Waals surface area contributed by atoms with E-state index in [9.17, 15) is 9.90 Å². The van der Waals surface area contributed by atoms with Gasteiger partial charge in [0, 0.05) is 17.1 Å². The van der Waals surface area contributed by atoms with E-state index in [4.69, 9.17) is 4.52 Å². The predicted molar refractivity (Wildman–Crippen MR) is 68.9 cm³/mol. The molecule has 0 atom stereocenters. The Bertz CT molecular complexity index is 777. The molecule has 0 radical (unpaired) electrons. The van der Waals surface area contributed by atoms with Crippen LogP contribution in [0.5, 0.6) is 0 Å². The fourth-order valence-corrected chi connectivity index (χ4v) is 2.04. The fourth-order valence-electron chi connectivity index (χ4n) is 2.04. The van der Waals surface area contributed by atoms with E-state index in [1.807, 2.05) is 24.3 Å². The van der Waals surface area contributed by atoms with E-state index in [0.717, 1.165) is 10.9 Å². The summed E-state index contributed by atoms with van der Waals surface area (Å²) in [4.78, 5) is 15.4. The molecule has 0 saturated heterocycles. The van der Waals surface area contributed by atoms with Gasteiger partial charge in [-0.05, 0) is 25.1 Å². The Morgan fingerprint density at radius 1 is 1.32 bits per heavy atom. The van der Waals surface area contributed by atoms with Crippen LogP contribution in [0, 0.1) is 6.92 Å². The van der Waals surface area contributed by atoms with Gasteiger partial charge in [-0.1, -0.05) is 17.3 Å². The molecule has 0 aliphatic carbocycles. The molecule has 3 rings (SSSR count). The van der Waals surface area contributed by atoms with Gasteiger partial charge in [-0.3, -0.25) is 4.98 Å². The Balaban J connectivity index is 2.22. The Kier molecular flexibility index (Phi) is 2.52. The third kappa shape index (κ3) is 1.85. The normalized spacial score (nSPS) is 10.8. The summed E-state index contributed by atoms with van der Waals surface area (Å²) in [7, 11) is 0. The fraction of sp³-hybridized carbons (Fsp3) is 0.0714. The van der Waals surface area contributed by atoms with E-state index in [-0.39, 0.29) is 5.56 Å². The van der Waals surface area contributed by atoms with Gasteiger partial charge in [0.05, 0.1) is 5.52 Å². The van der Waals surface area contributed by atoms with Crippen molar-refractivity contribution in [2.75, 3.05) is 0 Å². The highest BCUT2D eigenvalue weighted by Crippen LogP contribution is 2.27. The summed E-state index contributed by atoms with van der Waals surface area (Å²) in [5.74, 6) is -0.742. The van der Waals surface area contributed by atoms with Crippen LogP contribution in [0.15, 0.2) is 41.1 Å². The second-order valence-corrected chi connectivity index (χ2v) is 4.18. The zero-order chi connectivity index (χ0) is 13.4. The van der Waals surface area contributed by atoms with E-state index >= 15 is 0 Å². The van der Waals surface area contributed by atoms with E-state index in [1.54, 1.807) is 19.2 Å². The quantitative estimate of drug-likeness (QED) is 0.760. The van der Waals surface area contributed by atoms with Crippen LogP contribution in [-0.4, -0.2) is 21.2 Å². The van der Waals surface area contributed by atoms with E-state index in [2.05, 4.69) is 10.1 Å². The molecule has 0 bridgehead atoms. The molecule has 0 aliphatic rings. The number of aromatic nitrogens is 2. The van der Waals surface area contributed by atoms with Crippen LogP contribution in [-0.2, 0) is 0 Å². The van der Waals surface area contributed by atoms with Gasteiger partial charge in [0.1, 0.15) is 17.0 Å². The Hall–Kier alpha value is -2.69. The average molecular weight is 254 g/mol. The molecule has 1 N–H and O–H groups in total. The third-order valence-corrected chi connectivity index (χ3v) is 2.95. The largest absolute Gasteiger partial charge is 0.477 e. The lowest BCUT2D eigenvalue weighted by Crippen LogP contribution is -1.99. The minimum Gasteiger partial charge on any atom is -0.477 e. The summed E-state index contributed by atoms with van der Waals surface area (Å²) < 4.78 is 4.98. The van der Waals surface area contributed by atoms with Crippen molar-refractivity contribution in [3.8, 4) is 11.3 Å². The second-order valence-electron chi connectivity index (χ2n) is 4.18. The topological polar surface area (TPSA) is 76.2 Å². The number of carboxylic acid groups (broad SMARTS) is 1. The number of nitrogens with zero attached hydrogens (tertiary/aromatic N) is 2. The van der Waals surface area contributed by atoms with Crippen molar-refractivity contribution >= 4 is 16.9 Å². The number of pyridine rings is 1. The van der Waals surface area contributed by atoms with Gasteiger partial charge in [-0.25, -0.2) is 4.79 Å². The summed E-state index contributed by atoms with van der Waals surface area (Å²) >= 11 is 0. The predicted octanol–water partition coefficient (Wildman–Crippen LogP) is 2.90. The highest BCUT2D eigenvalue weighted by Gasteiger charge is 2.20. The zero-order valence-electron chi connectivity index (χ0n) is 10.1. The molecule has 5 nitrogen and oxygen atoms in total. The van der Waals surface area contributed by atoms with Crippen molar-refractivity contribution in [3.05, 3.63) is 47.9 Å². The number of hydrogen-bond acceptors (Lipinski definition) is 4. The van der Waals surface area contributed by atoms with Crippen molar-refractivity contribution in [1.29, 1.82) is 0 Å². The first-order chi connectivity index (χ1) is 9.16. The monoisotopic (exact) mass is 254 g/mol. The van der Waals surface area contributed by atoms with Crippen molar-refractivity contribution in [1.82, 2.24) is 10.1 Å². The number of aromatic carboxylic acids is 1. The molecule has 0 fully saturated rings. The smallest absolute Gasteiger partial charge is 0.341 e. The number of carbonyl (C=O) groups is 1. The molecule has 5 heteroatoms. The van der Waals surface area contributed by atoms with Crippen LogP contribution in [0.1, 0.15) is 16.1 Å². The lowest BCUT2D eigenvalue weighted by molar-refractivity contribution is 0.0696. The van der Waals surface area contributed by atoms with Crippen molar-refractivity contribution in [3.63, 3.8) is 0 Å². The van der Waals surface area contributed by atoms with Crippen molar-refractivity contribution in [2.45, 2.75) is 6.92 Å². The zero-order valence-corrected chi connectivity index (χ0v) is 10.1. The summed E-state index contributed by atoms with van der Waals surface area (Å²) in [6.45, 7) is 1.59. The molecule has 2 aromatic heterocycles. The van der Waals surface area contributed by atoms with E-state index in [0.29, 0.717) is 17.0 Å². The second kappa shape index (κ2) is 4.20. The molecule has 94 valence electrons. The lowest BCUT2D eigenvalue weighted by Gasteiger charge is -2.01. The number of rotatable bonds is 2. The molecule has 0 unspecified atom stereocenters. The molecule has 0 aliphatic heterocycles. The third-order valence-electron chi connectivity index (χ3n) is 2.95. The molecule has 0 amide bonds. The standard InChI is InChI=1S/C14H10N2O3/c1-8-12(14(17)18)13(16-19-8)10-4-5-11-9(7-10)3-2-6-15-11/h2-7H,1H3,(H,17,18). The van der Waals surface area contributed by atoms with Crippen LogP contribution in [0.4, 0.5) is 0 Å². The van der Waals surface area contributed by atoms with Crippen LogP contribution in [0.25, 0.3) is 22.2 Å². The van der Waals surface area contributed by atoms with Gasteiger partial charge in [0.2, 0.25) is 0 Å². The molecule has 3 aromatic rings. The maximum absolute atomic E-state index is 11.2. The first kappa shape index (κ1) is 11.4. The number of carboxylic acids is 1. The van der Waals surface area contributed by atoms with Crippen molar-refractivity contribution < 1.29 is 14.4 Å². The number of benzene rings is 1. The minimum atomic E-state index is -1.04. The summed E-state index contributed by atoms with van der Waals surface area (Å²) in [6, 6.07) is 9.23. The number of aryl methyl sites for hydroxylation is 1. The molecular weight excluding hydrogens is 244 g/mol. The van der Waals surface area contributed by atoms with Gasteiger partial charge in [-0.15, -0.1) is 0 Å². The molecule has 0 spiro atoms. The maximum Gasteiger partial charge on any atom is 0.341 e. The Morgan fingerprint density at radius 2 is 2.16 bits per heavy atom. The van der Waals surface area contributed by atoms with Gasteiger partial charge in [-0.2, -0.15) is 0 Å². The highest BCUT2D eigenvalue weighted by molar-refractivity contribution is 5.97. The summed E-state index contributed by atoms with van der Waals surface area (Å²) in [5.41, 5.74) is 2.00. The molecule has 0 saturated carbocycles. The SMILES string of the molecule is Cc1onc(-c2ccc3ncccc3c2)c1C(=O)O. The van der Waals surface area contributed by atoms with Gasteiger partial charge in [0.25, 0.3) is 0 Å². The minimum absolute atomic E-state index is 0.100. The van der Waals surface area contributed by atoms with Crippen molar-refractivity contribution in [2.24, 2.45) is 0 Å². The first-order valence-corrected chi connectivity index (χ1v) is 5.71. The molecule has 1 aromatic carbocycles. The maximum atomic E-state index is 11.2. The molecular formula is C14H10N2O3.